The number of hydrogen-bond donors (Lipinski definition) is 2. The second-order valence-corrected chi connectivity index (χ2v) is 11.4. The third kappa shape index (κ3) is 6.23. The number of halogens is 3. The van der Waals surface area contributed by atoms with Gasteiger partial charge in [-0.15, -0.1) is 0 Å². The van der Waals surface area contributed by atoms with Crippen LogP contribution in [0.25, 0.3) is 22.0 Å². The monoisotopic (exact) mass is 640 g/mol. The van der Waals surface area contributed by atoms with E-state index in [1.807, 2.05) is 48.5 Å². The molecule has 0 aliphatic heterocycles. The van der Waals surface area contributed by atoms with E-state index in [0.29, 0.717) is 24.0 Å². The Morgan fingerprint density at radius 3 is 2.39 bits per heavy atom. The van der Waals surface area contributed by atoms with Gasteiger partial charge in [-0.2, -0.15) is 0 Å². The van der Waals surface area contributed by atoms with Crippen LogP contribution in [0.5, 0.6) is 11.6 Å². The van der Waals surface area contributed by atoms with Crippen LogP contribution in [-0.2, 0) is 16.6 Å². The average molecular weight is 641 g/mol. The third-order valence-electron chi connectivity index (χ3n) is 6.19. The number of nitrogens with zero attached hydrogens (tertiary/aromatic N) is 2. The summed E-state index contributed by atoms with van der Waals surface area (Å²) >= 11 is 3.59. The van der Waals surface area contributed by atoms with Crippen LogP contribution in [0.4, 0.5) is 20.3 Å². The lowest BCUT2D eigenvalue weighted by molar-refractivity contribution is 0.400. The van der Waals surface area contributed by atoms with Crippen molar-refractivity contribution in [2.45, 2.75) is 11.4 Å². The van der Waals surface area contributed by atoms with Gasteiger partial charge in [-0.3, -0.25) is 4.72 Å². The number of fused-ring (bicyclic) bond motifs is 1. The van der Waals surface area contributed by atoms with Gasteiger partial charge in [0.2, 0.25) is 5.88 Å². The van der Waals surface area contributed by atoms with Crippen molar-refractivity contribution in [2.75, 3.05) is 24.3 Å². The topological polar surface area (TPSA) is 102 Å². The van der Waals surface area contributed by atoms with Crippen molar-refractivity contribution >= 4 is 48.4 Å². The molecule has 0 radical (unpaired) electrons. The number of anilines is 2. The minimum Gasteiger partial charge on any atom is -0.497 e. The van der Waals surface area contributed by atoms with Crippen molar-refractivity contribution < 1.29 is 26.7 Å². The Morgan fingerprint density at radius 1 is 0.902 bits per heavy atom. The SMILES string of the molecule is COc1ccc(CNc2nc3ccc(-c4cnc(OC)c(NS(=O)(=O)c5ccc(F)cc5F)c4)cc3cc2Br)cc1. The van der Waals surface area contributed by atoms with Gasteiger partial charge in [-0.05, 0) is 75.6 Å². The quantitative estimate of drug-likeness (QED) is 0.183. The number of sulfonamides is 1. The van der Waals surface area contributed by atoms with E-state index in [0.717, 1.165) is 44.4 Å². The zero-order valence-electron chi connectivity index (χ0n) is 21.8. The molecule has 5 aromatic rings. The summed E-state index contributed by atoms with van der Waals surface area (Å²) in [6.07, 6.45) is 1.53. The van der Waals surface area contributed by atoms with Crippen molar-refractivity contribution in [1.29, 1.82) is 0 Å². The van der Waals surface area contributed by atoms with Crippen LogP contribution in [0.3, 0.4) is 0 Å². The van der Waals surface area contributed by atoms with Gasteiger partial charge in [0.25, 0.3) is 10.0 Å². The van der Waals surface area contributed by atoms with Gasteiger partial charge in [0.15, 0.2) is 0 Å². The number of aromatic nitrogens is 2. The van der Waals surface area contributed by atoms with Gasteiger partial charge in [-0.1, -0.05) is 18.2 Å². The van der Waals surface area contributed by atoms with Gasteiger partial charge in [-0.25, -0.2) is 27.2 Å². The standard InChI is InChI=1S/C29H23BrF2N4O4S/c1-39-22-7-3-17(4-8-22)15-33-28-23(30)12-19-11-18(5-9-25(19)35-28)20-13-26(29(40-2)34-16-20)36-41(37,38)27-10-6-21(31)14-24(27)32/h3-14,16,36H,15H2,1-2H3,(H,33,35). The number of hydrogen-bond acceptors (Lipinski definition) is 7. The fraction of sp³-hybridized carbons (Fsp3) is 0.103. The Labute approximate surface area is 243 Å². The summed E-state index contributed by atoms with van der Waals surface area (Å²) in [6.45, 7) is 0.567. The molecule has 5 rings (SSSR count). The van der Waals surface area contributed by atoms with E-state index in [1.54, 1.807) is 7.11 Å². The molecule has 12 heteroatoms. The summed E-state index contributed by atoms with van der Waals surface area (Å²) in [4.78, 5) is 8.24. The molecule has 2 heterocycles. The van der Waals surface area contributed by atoms with Gasteiger partial charge >= 0.3 is 0 Å². The molecule has 2 aromatic heterocycles. The van der Waals surface area contributed by atoms with Crippen molar-refractivity contribution in [1.82, 2.24) is 9.97 Å². The molecule has 210 valence electrons. The fourth-order valence-corrected chi connectivity index (χ4v) is 5.71. The first-order chi connectivity index (χ1) is 19.7. The lowest BCUT2D eigenvalue weighted by Gasteiger charge is -2.14. The highest BCUT2D eigenvalue weighted by Gasteiger charge is 2.22. The minimum atomic E-state index is -4.41. The molecule has 0 spiro atoms. The predicted molar refractivity (Wildman–Crippen MR) is 157 cm³/mol. The molecule has 41 heavy (non-hydrogen) atoms. The lowest BCUT2D eigenvalue weighted by Crippen LogP contribution is -2.15. The highest BCUT2D eigenvalue weighted by molar-refractivity contribution is 9.10. The van der Waals surface area contributed by atoms with Crippen LogP contribution in [0, 0.1) is 11.6 Å². The van der Waals surface area contributed by atoms with Crippen molar-refractivity contribution in [3.05, 3.63) is 101 Å². The van der Waals surface area contributed by atoms with Crippen LogP contribution < -0.4 is 19.5 Å². The van der Waals surface area contributed by atoms with E-state index >= 15 is 0 Å². The number of pyridine rings is 2. The van der Waals surface area contributed by atoms with E-state index in [4.69, 9.17) is 14.5 Å². The van der Waals surface area contributed by atoms with E-state index in [2.05, 4.69) is 31.0 Å². The fourth-order valence-electron chi connectivity index (χ4n) is 4.12. The molecule has 0 aliphatic carbocycles. The van der Waals surface area contributed by atoms with Crippen LogP contribution in [-0.4, -0.2) is 32.6 Å². The number of rotatable bonds is 9. The van der Waals surface area contributed by atoms with Gasteiger partial charge in [0, 0.05) is 29.8 Å². The van der Waals surface area contributed by atoms with Gasteiger partial charge in [0.05, 0.1) is 24.2 Å². The zero-order chi connectivity index (χ0) is 29.1. The Bertz CT molecular complexity index is 1860. The van der Waals surface area contributed by atoms with Gasteiger partial charge < -0.3 is 14.8 Å². The van der Waals surface area contributed by atoms with Crippen LogP contribution >= 0.6 is 15.9 Å². The molecule has 0 unspecified atom stereocenters. The Morgan fingerprint density at radius 2 is 1.68 bits per heavy atom. The minimum absolute atomic E-state index is 0.00814. The zero-order valence-corrected chi connectivity index (χ0v) is 24.2. The number of nitrogens with one attached hydrogen (secondary N) is 2. The predicted octanol–water partition coefficient (Wildman–Crippen LogP) is 6.77. The summed E-state index contributed by atoms with van der Waals surface area (Å²) < 4.78 is 66.8. The van der Waals surface area contributed by atoms with Crippen LogP contribution in [0.2, 0.25) is 0 Å². The first kappa shape index (κ1) is 28.2. The Hall–Kier alpha value is -4.29. The second kappa shape index (κ2) is 11.7. The highest BCUT2D eigenvalue weighted by atomic mass is 79.9. The molecule has 0 aliphatic rings. The normalized spacial score (nSPS) is 11.3. The van der Waals surface area contributed by atoms with Gasteiger partial charge in [0.1, 0.15) is 33.8 Å². The number of ether oxygens (including phenoxy) is 2. The van der Waals surface area contributed by atoms with Crippen molar-refractivity contribution in [3.63, 3.8) is 0 Å². The Kier molecular flexibility index (Phi) is 8.04. The van der Waals surface area contributed by atoms with E-state index < -0.39 is 26.6 Å². The number of benzene rings is 3. The molecular formula is C29H23BrF2N4O4S. The molecule has 0 amide bonds. The maximum absolute atomic E-state index is 14.2. The molecular weight excluding hydrogens is 618 g/mol. The molecule has 8 nitrogen and oxygen atoms in total. The summed E-state index contributed by atoms with van der Waals surface area (Å²) in [7, 11) is -1.45. The van der Waals surface area contributed by atoms with Crippen molar-refractivity contribution in [3.8, 4) is 22.8 Å². The average Bonchev–Trinajstić information content (AvgIpc) is 2.95. The summed E-state index contributed by atoms with van der Waals surface area (Å²) in [5.74, 6) is -0.659. The maximum atomic E-state index is 14.2. The molecule has 0 bridgehead atoms. The summed E-state index contributed by atoms with van der Waals surface area (Å²) in [6, 6.07) is 19.0. The number of methoxy groups -OCH3 is 2. The molecule has 0 fully saturated rings. The molecule has 3 aromatic carbocycles. The van der Waals surface area contributed by atoms with Crippen LogP contribution in [0.15, 0.2) is 88.4 Å². The Balaban J connectivity index is 1.41. The largest absolute Gasteiger partial charge is 0.497 e. The first-order valence-electron chi connectivity index (χ1n) is 12.2. The van der Waals surface area contributed by atoms with Crippen LogP contribution in [0.1, 0.15) is 5.56 Å². The lowest BCUT2D eigenvalue weighted by atomic mass is 10.0. The second-order valence-electron chi connectivity index (χ2n) is 8.89. The summed E-state index contributed by atoms with van der Waals surface area (Å²) in [5, 5.41) is 4.16. The van der Waals surface area contributed by atoms with E-state index in [9.17, 15) is 17.2 Å². The molecule has 2 N–H and O–H groups in total. The maximum Gasteiger partial charge on any atom is 0.264 e. The van der Waals surface area contributed by atoms with E-state index in [-0.39, 0.29) is 11.6 Å². The smallest absolute Gasteiger partial charge is 0.264 e. The van der Waals surface area contributed by atoms with Crippen molar-refractivity contribution in [2.24, 2.45) is 0 Å². The third-order valence-corrected chi connectivity index (χ3v) is 8.20. The summed E-state index contributed by atoms with van der Waals surface area (Å²) in [5.41, 5.74) is 3.10. The van der Waals surface area contributed by atoms with E-state index in [1.165, 1.54) is 19.4 Å². The molecule has 0 atom stereocenters. The highest BCUT2D eigenvalue weighted by Crippen LogP contribution is 2.33. The molecule has 0 saturated heterocycles. The molecule has 0 saturated carbocycles. The first-order valence-corrected chi connectivity index (χ1v) is 14.4.